The molecule has 0 saturated carbocycles. The molecule has 0 bridgehead atoms. The monoisotopic (exact) mass is 434 g/mol. The molecule has 0 unspecified atom stereocenters. The Kier molecular flexibility index (Phi) is 7.44. The minimum absolute atomic E-state index is 0.0709. The van der Waals surface area contributed by atoms with Crippen LogP contribution in [0.3, 0.4) is 0 Å². The number of carbonyl (C=O) groups is 1. The molecule has 3 rings (SSSR count). The molecule has 0 aliphatic carbocycles. The Labute approximate surface area is 177 Å². The van der Waals surface area contributed by atoms with Gasteiger partial charge in [0.15, 0.2) is 0 Å². The summed E-state index contributed by atoms with van der Waals surface area (Å²) in [4.78, 5) is 12.4. The van der Waals surface area contributed by atoms with Crippen LogP contribution < -0.4 is 10.1 Å². The quantitative estimate of drug-likeness (QED) is 0.649. The normalized spacial score (nSPS) is 15.7. The van der Waals surface area contributed by atoms with Crippen molar-refractivity contribution in [2.45, 2.75) is 25.5 Å². The van der Waals surface area contributed by atoms with Gasteiger partial charge in [-0.2, -0.15) is 0 Å². The first kappa shape index (κ1) is 22.2. The van der Waals surface area contributed by atoms with Gasteiger partial charge in [-0.05, 0) is 55.2 Å². The van der Waals surface area contributed by atoms with Crippen LogP contribution in [0, 0.1) is 18.7 Å². The number of halogens is 1. The van der Waals surface area contributed by atoms with Gasteiger partial charge in [-0.15, -0.1) is 0 Å². The van der Waals surface area contributed by atoms with E-state index in [0.717, 1.165) is 11.3 Å². The summed E-state index contributed by atoms with van der Waals surface area (Å²) in [7, 11) is -3.49. The summed E-state index contributed by atoms with van der Waals surface area (Å²) in [5.74, 6) is -0.0729. The largest absolute Gasteiger partial charge is 0.492 e. The maximum atomic E-state index is 13.0. The van der Waals surface area contributed by atoms with E-state index in [1.165, 1.54) is 28.6 Å². The van der Waals surface area contributed by atoms with Crippen molar-refractivity contribution < 1.29 is 22.3 Å². The number of hydrogen-bond donors (Lipinski definition) is 1. The van der Waals surface area contributed by atoms with Gasteiger partial charge >= 0.3 is 0 Å². The lowest BCUT2D eigenvalue weighted by molar-refractivity contribution is -0.126. The van der Waals surface area contributed by atoms with Crippen molar-refractivity contribution in [2.75, 3.05) is 26.2 Å². The third-order valence-corrected chi connectivity index (χ3v) is 6.99. The summed E-state index contributed by atoms with van der Waals surface area (Å²) < 4.78 is 45.2. The molecule has 1 aliphatic rings. The van der Waals surface area contributed by atoms with E-state index in [9.17, 15) is 17.6 Å². The Morgan fingerprint density at radius 2 is 1.87 bits per heavy atom. The molecule has 162 valence electrons. The minimum Gasteiger partial charge on any atom is -0.492 e. The number of ether oxygens (including phenoxy) is 1. The minimum atomic E-state index is -3.49. The van der Waals surface area contributed by atoms with Crippen LogP contribution in [0.5, 0.6) is 5.75 Å². The lowest BCUT2D eigenvalue weighted by Crippen LogP contribution is -2.43. The van der Waals surface area contributed by atoms with Crippen LogP contribution in [-0.4, -0.2) is 44.9 Å². The van der Waals surface area contributed by atoms with Crippen molar-refractivity contribution in [1.29, 1.82) is 0 Å². The summed E-state index contributed by atoms with van der Waals surface area (Å²) in [5, 5.41) is 2.87. The van der Waals surface area contributed by atoms with Crippen LogP contribution in [0.4, 0.5) is 4.39 Å². The number of piperidine rings is 1. The van der Waals surface area contributed by atoms with Crippen LogP contribution in [0.1, 0.15) is 24.0 Å². The molecule has 1 heterocycles. The molecule has 0 aromatic heterocycles. The van der Waals surface area contributed by atoms with Gasteiger partial charge in [0, 0.05) is 19.0 Å². The van der Waals surface area contributed by atoms with Crippen LogP contribution in [0.15, 0.2) is 48.5 Å². The van der Waals surface area contributed by atoms with Crippen molar-refractivity contribution in [1.82, 2.24) is 9.62 Å². The molecular weight excluding hydrogens is 407 g/mol. The van der Waals surface area contributed by atoms with Crippen molar-refractivity contribution in [3.63, 3.8) is 0 Å². The second-order valence-electron chi connectivity index (χ2n) is 7.51. The second kappa shape index (κ2) is 10.0. The van der Waals surface area contributed by atoms with Crippen LogP contribution in [0.2, 0.25) is 0 Å². The zero-order chi connectivity index (χ0) is 21.6. The first-order valence-corrected chi connectivity index (χ1v) is 11.6. The molecule has 0 spiro atoms. The van der Waals surface area contributed by atoms with E-state index in [1.807, 2.05) is 31.2 Å². The number of benzene rings is 2. The number of amides is 1. The van der Waals surface area contributed by atoms with Crippen molar-refractivity contribution in [3.8, 4) is 5.75 Å². The first-order valence-electron chi connectivity index (χ1n) is 10.0. The van der Waals surface area contributed by atoms with Crippen LogP contribution in [-0.2, 0) is 20.6 Å². The number of hydrogen-bond acceptors (Lipinski definition) is 4. The van der Waals surface area contributed by atoms with Crippen molar-refractivity contribution >= 4 is 15.9 Å². The molecule has 1 amide bonds. The highest BCUT2D eigenvalue weighted by Gasteiger charge is 2.31. The number of rotatable bonds is 8. The van der Waals surface area contributed by atoms with Gasteiger partial charge in [0.25, 0.3) is 0 Å². The van der Waals surface area contributed by atoms with Crippen LogP contribution >= 0.6 is 0 Å². The Morgan fingerprint density at radius 3 is 2.53 bits per heavy atom. The standard InChI is InChI=1S/C22H27FN2O4S/c1-17-3-2-4-21(15-17)29-14-11-24-22(26)19-9-12-25(13-10-19)30(27,28)16-18-5-7-20(23)8-6-18/h2-8,15,19H,9-14,16H2,1H3,(H,24,26). The lowest BCUT2D eigenvalue weighted by atomic mass is 9.97. The fourth-order valence-electron chi connectivity index (χ4n) is 3.47. The topological polar surface area (TPSA) is 75.7 Å². The van der Waals surface area contributed by atoms with Gasteiger partial charge in [0.1, 0.15) is 18.2 Å². The molecule has 0 radical (unpaired) electrons. The highest BCUT2D eigenvalue weighted by molar-refractivity contribution is 7.88. The molecule has 2 aromatic rings. The number of nitrogens with one attached hydrogen (secondary N) is 1. The average molecular weight is 435 g/mol. The zero-order valence-electron chi connectivity index (χ0n) is 17.0. The Bertz CT molecular complexity index is 955. The van der Waals surface area contributed by atoms with Gasteiger partial charge < -0.3 is 10.1 Å². The van der Waals surface area contributed by atoms with E-state index in [2.05, 4.69) is 5.32 Å². The molecule has 8 heteroatoms. The fourth-order valence-corrected chi connectivity index (χ4v) is 5.03. The van der Waals surface area contributed by atoms with Gasteiger partial charge in [0.2, 0.25) is 15.9 Å². The molecule has 1 aliphatic heterocycles. The highest BCUT2D eigenvalue weighted by atomic mass is 32.2. The van der Waals surface area contributed by atoms with E-state index >= 15 is 0 Å². The Hall–Kier alpha value is -2.45. The van der Waals surface area contributed by atoms with E-state index in [1.54, 1.807) is 0 Å². The summed E-state index contributed by atoms with van der Waals surface area (Å²) in [6.45, 7) is 3.37. The van der Waals surface area contributed by atoms with E-state index in [4.69, 9.17) is 4.74 Å². The van der Waals surface area contributed by atoms with Gasteiger partial charge in [0.05, 0.1) is 12.3 Å². The number of sulfonamides is 1. The predicted octanol–water partition coefficient (Wildman–Crippen LogP) is 2.87. The predicted molar refractivity (Wildman–Crippen MR) is 113 cm³/mol. The smallest absolute Gasteiger partial charge is 0.223 e. The first-order chi connectivity index (χ1) is 14.3. The van der Waals surface area contributed by atoms with Crippen molar-refractivity contribution in [2.24, 2.45) is 5.92 Å². The maximum absolute atomic E-state index is 13.0. The highest BCUT2D eigenvalue weighted by Crippen LogP contribution is 2.22. The van der Waals surface area contributed by atoms with E-state index in [-0.39, 0.29) is 17.6 Å². The molecule has 0 atom stereocenters. The molecule has 1 fully saturated rings. The van der Waals surface area contributed by atoms with Gasteiger partial charge in [-0.25, -0.2) is 17.1 Å². The SMILES string of the molecule is Cc1cccc(OCCNC(=O)C2CCN(S(=O)(=O)Cc3ccc(F)cc3)CC2)c1. The summed E-state index contributed by atoms with van der Waals surface area (Å²) in [5.41, 5.74) is 1.66. The lowest BCUT2D eigenvalue weighted by Gasteiger charge is -2.30. The van der Waals surface area contributed by atoms with E-state index < -0.39 is 15.8 Å². The van der Waals surface area contributed by atoms with Gasteiger partial charge in [-0.3, -0.25) is 4.79 Å². The maximum Gasteiger partial charge on any atom is 0.223 e. The molecule has 2 aromatic carbocycles. The fraction of sp³-hybridized carbons (Fsp3) is 0.409. The average Bonchev–Trinajstić information content (AvgIpc) is 2.73. The second-order valence-corrected chi connectivity index (χ2v) is 9.48. The molecule has 1 saturated heterocycles. The van der Waals surface area contributed by atoms with Gasteiger partial charge in [-0.1, -0.05) is 24.3 Å². The number of nitrogens with zero attached hydrogens (tertiary/aromatic N) is 1. The Balaban J connectivity index is 1.40. The molecular formula is C22H27FN2O4S. The third-order valence-electron chi connectivity index (χ3n) is 5.14. The summed E-state index contributed by atoms with van der Waals surface area (Å²) >= 11 is 0. The molecule has 6 nitrogen and oxygen atoms in total. The number of aryl methyl sites for hydroxylation is 1. The summed E-state index contributed by atoms with van der Waals surface area (Å²) in [6.07, 6.45) is 0.959. The molecule has 1 N–H and O–H groups in total. The third kappa shape index (κ3) is 6.27. The van der Waals surface area contributed by atoms with E-state index in [0.29, 0.717) is 44.6 Å². The number of carbonyl (C=O) groups excluding carboxylic acids is 1. The zero-order valence-corrected chi connectivity index (χ0v) is 17.8. The van der Waals surface area contributed by atoms with Crippen molar-refractivity contribution in [3.05, 3.63) is 65.5 Å². The molecule has 30 heavy (non-hydrogen) atoms. The van der Waals surface area contributed by atoms with Crippen LogP contribution in [0.25, 0.3) is 0 Å². The Morgan fingerprint density at radius 1 is 1.17 bits per heavy atom. The summed E-state index contributed by atoms with van der Waals surface area (Å²) in [6, 6.07) is 13.2.